The summed E-state index contributed by atoms with van der Waals surface area (Å²) >= 11 is 7.31. The molecule has 1 amide bonds. The quantitative estimate of drug-likeness (QED) is 0.423. The Balaban J connectivity index is 1.55. The summed E-state index contributed by atoms with van der Waals surface area (Å²) in [6.07, 6.45) is 1.62. The van der Waals surface area contributed by atoms with Gasteiger partial charge in [0.1, 0.15) is 5.75 Å². The molecule has 0 N–H and O–H groups in total. The summed E-state index contributed by atoms with van der Waals surface area (Å²) in [6, 6.07) is 11.9. The Bertz CT molecular complexity index is 1240. The minimum atomic E-state index is -3.82. The first kappa shape index (κ1) is 25.1. The SMILES string of the molecule is CCc1ccc2nc(N(CCCN3CCOCC3)C(=O)CS(=O)(=O)c3ccc(Cl)cc3)sc2c1. The van der Waals surface area contributed by atoms with Crippen molar-refractivity contribution in [2.24, 2.45) is 0 Å². The third-order valence-electron chi connectivity index (χ3n) is 5.83. The number of sulfone groups is 1. The van der Waals surface area contributed by atoms with Crippen molar-refractivity contribution >= 4 is 54.0 Å². The van der Waals surface area contributed by atoms with Gasteiger partial charge in [0.25, 0.3) is 0 Å². The number of carbonyl (C=O) groups excluding carboxylic acids is 1. The van der Waals surface area contributed by atoms with Crippen molar-refractivity contribution in [3.63, 3.8) is 0 Å². The zero-order chi connectivity index (χ0) is 24.1. The number of nitrogens with zero attached hydrogens (tertiary/aromatic N) is 3. The molecular formula is C24H28ClN3O4S2. The Morgan fingerprint density at radius 2 is 1.91 bits per heavy atom. The number of ether oxygens (including phenoxy) is 1. The largest absolute Gasteiger partial charge is 0.379 e. The lowest BCUT2D eigenvalue weighted by Crippen LogP contribution is -2.40. The molecule has 0 aliphatic carbocycles. The summed E-state index contributed by atoms with van der Waals surface area (Å²) in [7, 11) is -3.82. The molecular weight excluding hydrogens is 494 g/mol. The van der Waals surface area contributed by atoms with E-state index in [1.807, 2.05) is 12.1 Å². The van der Waals surface area contributed by atoms with Crippen LogP contribution in [0.1, 0.15) is 18.9 Å². The molecule has 0 unspecified atom stereocenters. The zero-order valence-electron chi connectivity index (χ0n) is 19.1. The number of aryl methyl sites for hydroxylation is 1. The fourth-order valence-corrected chi connectivity index (χ4v) is 6.26. The number of thiazole rings is 1. The molecule has 1 aromatic heterocycles. The summed E-state index contributed by atoms with van der Waals surface area (Å²) in [5, 5.41) is 0.970. The molecule has 1 aliphatic rings. The van der Waals surface area contributed by atoms with Crippen molar-refractivity contribution in [3.05, 3.63) is 53.1 Å². The van der Waals surface area contributed by atoms with Gasteiger partial charge in [0.05, 0.1) is 28.3 Å². The minimum absolute atomic E-state index is 0.0791. The molecule has 1 fully saturated rings. The Morgan fingerprint density at radius 3 is 2.62 bits per heavy atom. The van der Waals surface area contributed by atoms with Gasteiger partial charge in [-0.2, -0.15) is 0 Å². The third kappa shape index (κ3) is 6.14. The molecule has 0 saturated carbocycles. The molecule has 2 aromatic carbocycles. The molecule has 2 heterocycles. The van der Waals surface area contributed by atoms with Gasteiger partial charge in [-0.15, -0.1) is 0 Å². The Kier molecular flexibility index (Phi) is 8.21. The number of anilines is 1. The third-order valence-corrected chi connectivity index (χ3v) is 8.74. The minimum Gasteiger partial charge on any atom is -0.379 e. The lowest BCUT2D eigenvalue weighted by Gasteiger charge is -2.27. The maximum atomic E-state index is 13.3. The van der Waals surface area contributed by atoms with Gasteiger partial charge in [-0.1, -0.05) is 35.9 Å². The van der Waals surface area contributed by atoms with E-state index in [1.165, 1.54) is 46.1 Å². The van der Waals surface area contributed by atoms with Gasteiger partial charge < -0.3 is 4.74 Å². The average molecular weight is 522 g/mol. The number of benzene rings is 2. The molecule has 4 rings (SSSR count). The molecule has 1 aliphatic heterocycles. The maximum absolute atomic E-state index is 13.3. The molecule has 10 heteroatoms. The number of halogens is 1. The smallest absolute Gasteiger partial charge is 0.244 e. The molecule has 3 aromatic rings. The van der Waals surface area contributed by atoms with Crippen molar-refractivity contribution in [1.29, 1.82) is 0 Å². The van der Waals surface area contributed by atoms with Crippen LogP contribution in [0.25, 0.3) is 10.2 Å². The highest BCUT2D eigenvalue weighted by Gasteiger charge is 2.27. The van der Waals surface area contributed by atoms with Crippen LogP contribution >= 0.6 is 22.9 Å². The highest BCUT2D eigenvalue weighted by molar-refractivity contribution is 7.92. The predicted molar refractivity (Wildman–Crippen MR) is 137 cm³/mol. The zero-order valence-corrected chi connectivity index (χ0v) is 21.5. The van der Waals surface area contributed by atoms with Gasteiger partial charge in [-0.25, -0.2) is 13.4 Å². The second kappa shape index (κ2) is 11.1. The van der Waals surface area contributed by atoms with Crippen LogP contribution in [0.4, 0.5) is 5.13 Å². The number of fused-ring (bicyclic) bond motifs is 1. The van der Waals surface area contributed by atoms with Crippen LogP contribution in [0.2, 0.25) is 5.02 Å². The van der Waals surface area contributed by atoms with Crippen molar-refractivity contribution in [2.45, 2.75) is 24.7 Å². The maximum Gasteiger partial charge on any atom is 0.244 e. The summed E-state index contributed by atoms with van der Waals surface area (Å²) < 4.78 is 32.3. The average Bonchev–Trinajstić information content (AvgIpc) is 3.25. The second-order valence-corrected chi connectivity index (χ2v) is 11.7. The number of carbonyl (C=O) groups is 1. The Labute approximate surface area is 209 Å². The van der Waals surface area contributed by atoms with E-state index in [0.29, 0.717) is 36.3 Å². The highest BCUT2D eigenvalue weighted by Crippen LogP contribution is 2.30. The number of hydrogen-bond donors (Lipinski definition) is 0. The molecule has 0 radical (unpaired) electrons. The normalized spacial score (nSPS) is 15.0. The van der Waals surface area contributed by atoms with Crippen LogP contribution in [0.3, 0.4) is 0 Å². The Hall–Kier alpha value is -2.04. The monoisotopic (exact) mass is 521 g/mol. The molecule has 34 heavy (non-hydrogen) atoms. The van der Waals surface area contributed by atoms with E-state index < -0.39 is 21.5 Å². The highest BCUT2D eigenvalue weighted by atomic mass is 35.5. The van der Waals surface area contributed by atoms with Gasteiger partial charge in [0, 0.05) is 31.2 Å². The van der Waals surface area contributed by atoms with Crippen LogP contribution in [-0.4, -0.2) is 69.4 Å². The van der Waals surface area contributed by atoms with Crippen LogP contribution < -0.4 is 4.90 Å². The van der Waals surface area contributed by atoms with E-state index in [-0.39, 0.29) is 4.90 Å². The lowest BCUT2D eigenvalue weighted by atomic mass is 10.2. The van der Waals surface area contributed by atoms with Gasteiger partial charge in [0.15, 0.2) is 15.0 Å². The molecule has 7 nitrogen and oxygen atoms in total. The predicted octanol–water partition coefficient (Wildman–Crippen LogP) is 4.04. The number of aromatic nitrogens is 1. The first-order chi connectivity index (χ1) is 16.4. The number of rotatable bonds is 9. The summed E-state index contributed by atoms with van der Waals surface area (Å²) in [4.78, 5) is 21.9. The van der Waals surface area contributed by atoms with Gasteiger partial charge >= 0.3 is 0 Å². The van der Waals surface area contributed by atoms with Gasteiger partial charge in [-0.05, 0) is 54.8 Å². The van der Waals surface area contributed by atoms with Gasteiger partial charge in [-0.3, -0.25) is 14.6 Å². The van der Waals surface area contributed by atoms with E-state index in [4.69, 9.17) is 16.3 Å². The van der Waals surface area contributed by atoms with E-state index >= 15 is 0 Å². The first-order valence-electron chi connectivity index (χ1n) is 11.3. The molecule has 1 saturated heterocycles. The molecule has 0 atom stereocenters. The Morgan fingerprint density at radius 1 is 1.18 bits per heavy atom. The first-order valence-corrected chi connectivity index (χ1v) is 14.2. The number of hydrogen-bond acceptors (Lipinski definition) is 7. The van der Waals surface area contributed by atoms with E-state index in [0.717, 1.165) is 36.3 Å². The summed E-state index contributed by atoms with van der Waals surface area (Å²) in [5.41, 5.74) is 2.00. The van der Waals surface area contributed by atoms with Crippen molar-refractivity contribution in [3.8, 4) is 0 Å². The standard InChI is InChI=1S/C24H28ClN3O4S2/c1-2-18-4-9-21-22(16-18)33-24(26-21)28(11-3-10-27-12-14-32-15-13-27)23(29)17-34(30,31)20-7-5-19(25)6-8-20/h4-9,16H,2-3,10-15,17H2,1H3. The van der Waals surface area contributed by atoms with Crippen molar-refractivity contribution < 1.29 is 17.9 Å². The van der Waals surface area contributed by atoms with Gasteiger partial charge in [0.2, 0.25) is 5.91 Å². The molecule has 0 bridgehead atoms. The number of amides is 1. The summed E-state index contributed by atoms with van der Waals surface area (Å²) in [6.45, 7) is 6.43. The van der Waals surface area contributed by atoms with Crippen LogP contribution in [0.15, 0.2) is 47.4 Å². The van der Waals surface area contributed by atoms with Crippen LogP contribution in [0, 0.1) is 0 Å². The number of morpholine rings is 1. The van der Waals surface area contributed by atoms with Crippen LogP contribution in [0.5, 0.6) is 0 Å². The molecule has 182 valence electrons. The van der Waals surface area contributed by atoms with Crippen LogP contribution in [-0.2, 0) is 25.8 Å². The fraction of sp³-hybridized carbons (Fsp3) is 0.417. The summed E-state index contributed by atoms with van der Waals surface area (Å²) in [5.74, 6) is -1.10. The van der Waals surface area contributed by atoms with Crippen molar-refractivity contribution in [1.82, 2.24) is 9.88 Å². The lowest BCUT2D eigenvalue weighted by molar-refractivity contribution is -0.116. The van der Waals surface area contributed by atoms with E-state index in [9.17, 15) is 13.2 Å². The second-order valence-electron chi connectivity index (χ2n) is 8.22. The topological polar surface area (TPSA) is 79.8 Å². The van der Waals surface area contributed by atoms with E-state index in [1.54, 1.807) is 0 Å². The van der Waals surface area contributed by atoms with Crippen molar-refractivity contribution in [2.75, 3.05) is 50.0 Å². The van der Waals surface area contributed by atoms with E-state index in [2.05, 4.69) is 22.9 Å². The fourth-order valence-electron chi connectivity index (χ4n) is 3.86. The molecule has 0 spiro atoms.